The molecule has 2 aromatic heterocycles. The van der Waals surface area contributed by atoms with Crippen LogP contribution in [0.25, 0.3) is 5.65 Å². The van der Waals surface area contributed by atoms with Crippen molar-refractivity contribution in [3.63, 3.8) is 0 Å². The minimum Gasteiger partial charge on any atom is -0.297 e. The van der Waals surface area contributed by atoms with Crippen LogP contribution in [0.5, 0.6) is 0 Å². The molecule has 0 spiro atoms. The number of hydrogen-bond acceptors (Lipinski definition) is 3. The SMILES string of the molecule is O=C(Cn1nc2ccccn2c1=O)C1CCCC1. The molecule has 2 aromatic rings. The molecule has 0 saturated heterocycles. The zero-order valence-electron chi connectivity index (χ0n) is 10.1. The van der Waals surface area contributed by atoms with E-state index in [4.69, 9.17) is 0 Å². The Morgan fingerprint density at radius 2 is 2.11 bits per heavy atom. The van der Waals surface area contributed by atoms with Crippen LogP contribution in [0.3, 0.4) is 0 Å². The number of carbonyl (C=O) groups is 1. The highest BCUT2D eigenvalue weighted by atomic mass is 16.2. The van der Waals surface area contributed by atoms with E-state index in [0.717, 1.165) is 25.7 Å². The second-order valence-electron chi connectivity index (χ2n) is 4.82. The molecule has 5 nitrogen and oxygen atoms in total. The quantitative estimate of drug-likeness (QED) is 0.818. The first-order chi connectivity index (χ1) is 8.75. The molecule has 5 heteroatoms. The van der Waals surface area contributed by atoms with E-state index in [2.05, 4.69) is 5.10 Å². The van der Waals surface area contributed by atoms with E-state index in [9.17, 15) is 9.59 Å². The highest BCUT2D eigenvalue weighted by Gasteiger charge is 2.23. The van der Waals surface area contributed by atoms with Gasteiger partial charge in [-0.25, -0.2) is 9.48 Å². The first-order valence-electron chi connectivity index (χ1n) is 6.32. The number of hydrogen-bond donors (Lipinski definition) is 0. The molecule has 1 saturated carbocycles. The van der Waals surface area contributed by atoms with Crippen LogP contribution in [0.1, 0.15) is 25.7 Å². The fourth-order valence-corrected chi connectivity index (χ4v) is 2.60. The summed E-state index contributed by atoms with van der Waals surface area (Å²) in [5, 5.41) is 4.17. The van der Waals surface area contributed by atoms with Crippen LogP contribution in [0, 0.1) is 5.92 Å². The van der Waals surface area contributed by atoms with Crippen molar-refractivity contribution in [1.82, 2.24) is 14.2 Å². The predicted molar refractivity (Wildman–Crippen MR) is 66.4 cm³/mol. The largest absolute Gasteiger partial charge is 0.350 e. The van der Waals surface area contributed by atoms with Gasteiger partial charge in [0.05, 0.1) is 0 Å². The molecule has 1 fully saturated rings. The molecule has 0 atom stereocenters. The minimum absolute atomic E-state index is 0.102. The Balaban J connectivity index is 1.88. The van der Waals surface area contributed by atoms with Crippen molar-refractivity contribution >= 4 is 11.4 Å². The van der Waals surface area contributed by atoms with Gasteiger partial charge in [0.15, 0.2) is 11.4 Å². The Labute approximate surface area is 104 Å². The molecule has 1 aliphatic rings. The lowest BCUT2D eigenvalue weighted by Gasteiger charge is -2.06. The van der Waals surface area contributed by atoms with Crippen LogP contribution in [-0.4, -0.2) is 20.0 Å². The van der Waals surface area contributed by atoms with Crippen LogP contribution < -0.4 is 5.69 Å². The molecular formula is C13H15N3O2. The summed E-state index contributed by atoms with van der Waals surface area (Å²) < 4.78 is 2.73. The maximum absolute atomic E-state index is 12.0. The average Bonchev–Trinajstić information content (AvgIpc) is 3.00. The van der Waals surface area contributed by atoms with Gasteiger partial charge in [0.1, 0.15) is 6.54 Å². The van der Waals surface area contributed by atoms with Crippen molar-refractivity contribution in [1.29, 1.82) is 0 Å². The van der Waals surface area contributed by atoms with Crippen LogP contribution in [0.4, 0.5) is 0 Å². The molecule has 0 aromatic carbocycles. The third-order valence-corrected chi connectivity index (χ3v) is 3.60. The molecule has 3 rings (SSSR count). The number of nitrogens with zero attached hydrogens (tertiary/aromatic N) is 3. The molecule has 0 N–H and O–H groups in total. The predicted octanol–water partition coefficient (Wildman–Crippen LogP) is 1.26. The van der Waals surface area contributed by atoms with Gasteiger partial charge in [-0.2, -0.15) is 0 Å². The van der Waals surface area contributed by atoms with Gasteiger partial charge in [-0.15, -0.1) is 5.10 Å². The van der Waals surface area contributed by atoms with Crippen molar-refractivity contribution in [3.05, 3.63) is 34.9 Å². The molecule has 0 radical (unpaired) electrons. The molecule has 0 unspecified atom stereocenters. The fourth-order valence-electron chi connectivity index (χ4n) is 2.60. The molecule has 0 aliphatic heterocycles. The van der Waals surface area contributed by atoms with Crippen molar-refractivity contribution < 1.29 is 4.79 Å². The second kappa shape index (κ2) is 4.40. The summed E-state index contributed by atoms with van der Waals surface area (Å²) in [5.41, 5.74) is 0.346. The third-order valence-electron chi connectivity index (χ3n) is 3.60. The van der Waals surface area contributed by atoms with Crippen molar-refractivity contribution in [2.75, 3.05) is 0 Å². The zero-order chi connectivity index (χ0) is 12.5. The topological polar surface area (TPSA) is 56.4 Å². The Hall–Kier alpha value is -1.91. The summed E-state index contributed by atoms with van der Waals surface area (Å²) in [6, 6.07) is 5.36. The van der Waals surface area contributed by atoms with Gasteiger partial charge in [0.25, 0.3) is 0 Å². The van der Waals surface area contributed by atoms with Crippen molar-refractivity contribution in [2.24, 2.45) is 5.92 Å². The standard InChI is InChI=1S/C13H15N3O2/c17-11(10-5-1-2-6-10)9-16-13(18)15-8-4-3-7-12(15)14-16/h3-4,7-8,10H,1-2,5-6,9H2. The lowest BCUT2D eigenvalue weighted by atomic mass is 10.0. The first kappa shape index (κ1) is 11.2. The maximum atomic E-state index is 12.0. The lowest BCUT2D eigenvalue weighted by molar-refractivity contribution is -0.123. The molecule has 18 heavy (non-hydrogen) atoms. The highest BCUT2D eigenvalue weighted by molar-refractivity contribution is 5.80. The Morgan fingerprint density at radius 1 is 1.33 bits per heavy atom. The number of carbonyl (C=O) groups excluding carboxylic acids is 1. The van der Waals surface area contributed by atoms with Crippen molar-refractivity contribution in [3.8, 4) is 0 Å². The number of rotatable bonds is 3. The number of fused-ring (bicyclic) bond motifs is 1. The van der Waals surface area contributed by atoms with E-state index in [1.165, 1.54) is 9.08 Å². The molecule has 1 aliphatic carbocycles. The minimum atomic E-state index is -0.239. The van der Waals surface area contributed by atoms with E-state index >= 15 is 0 Å². The van der Waals surface area contributed by atoms with Gasteiger partial charge < -0.3 is 0 Å². The third kappa shape index (κ3) is 1.85. The van der Waals surface area contributed by atoms with Crippen LogP contribution in [0.2, 0.25) is 0 Å². The zero-order valence-corrected chi connectivity index (χ0v) is 10.1. The van der Waals surface area contributed by atoms with E-state index < -0.39 is 0 Å². The first-order valence-corrected chi connectivity index (χ1v) is 6.32. The molecule has 2 heterocycles. The monoisotopic (exact) mass is 245 g/mol. The molecule has 94 valence electrons. The average molecular weight is 245 g/mol. The van der Waals surface area contributed by atoms with Crippen molar-refractivity contribution in [2.45, 2.75) is 32.2 Å². The van der Waals surface area contributed by atoms with Gasteiger partial charge in [0.2, 0.25) is 0 Å². The number of ketones is 1. The smallest absolute Gasteiger partial charge is 0.297 e. The highest BCUT2D eigenvalue weighted by Crippen LogP contribution is 2.25. The van der Waals surface area contributed by atoms with Gasteiger partial charge in [-0.05, 0) is 25.0 Å². The van der Waals surface area contributed by atoms with Crippen LogP contribution in [0.15, 0.2) is 29.2 Å². The summed E-state index contributed by atoms with van der Waals surface area (Å²) in [7, 11) is 0. The van der Waals surface area contributed by atoms with Crippen LogP contribution >= 0.6 is 0 Å². The second-order valence-corrected chi connectivity index (χ2v) is 4.82. The number of Topliss-reactive ketones (excluding diaryl/α,β-unsaturated/α-hetero) is 1. The normalized spacial score (nSPS) is 16.4. The van der Waals surface area contributed by atoms with Crippen LogP contribution in [-0.2, 0) is 11.3 Å². The Morgan fingerprint density at radius 3 is 2.83 bits per heavy atom. The van der Waals surface area contributed by atoms with Gasteiger partial charge in [-0.1, -0.05) is 18.9 Å². The summed E-state index contributed by atoms with van der Waals surface area (Å²) in [6.07, 6.45) is 5.83. The Kier molecular flexibility index (Phi) is 2.74. The lowest BCUT2D eigenvalue weighted by Crippen LogP contribution is -2.27. The van der Waals surface area contributed by atoms with E-state index in [0.29, 0.717) is 5.65 Å². The Bertz CT molecular complexity index is 635. The summed E-state index contributed by atoms with van der Waals surface area (Å²) >= 11 is 0. The number of aromatic nitrogens is 3. The van der Waals surface area contributed by atoms with E-state index in [-0.39, 0.29) is 23.9 Å². The summed E-state index contributed by atoms with van der Waals surface area (Å²) in [4.78, 5) is 24.0. The van der Waals surface area contributed by atoms with E-state index in [1.54, 1.807) is 18.3 Å². The molecule has 0 bridgehead atoms. The maximum Gasteiger partial charge on any atom is 0.350 e. The van der Waals surface area contributed by atoms with Gasteiger partial charge in [-0.3, -0.25) is 9.20 Å². The summed E-state index contributed by atoms with van der Waals surface area (Å²) in [5.74, 6) is 0.264. The van der Waals surface area contributed by atoms with Gasteiger partial charge in [0, 0.05) is 12.1 Å². The van der Waals surface area contributed by atoms with E-state index in [1.807, 2.05) is 6.07 Å². The molecular weight excluding hydrogens is 230 g/mol. The fraction of sp³-hybridized carbons (Fsp3) is 0.462. The summed E-state index contributed by atoms with van der Waals surface area (Å²) in [6.45, 7) is 0.102. The van der Waals surface area contributed by atoms with Gasteiger partial charge >= 0.3 is 5.69 Å². The molecule has 0 amide bonds. The number of pyridine rings is 1.